The van der Waals surface area contributed by atoms with E-state index in [2.05, 4.69) is 19.0 Å². The summed E-state index contributed by atoms with van der Waals surface area (Å²) in [5, 5.41) is 7.36. The van der Waals surface area contributed by atoms with Crippen LogP contribution >= 0.6 is 9.39 Å². The molecular weight excluding hydrogens is 145 g/mol. The molecule has 58 valence electrons. The monoisotopic (exact) mass is 159 g/mol. The van der Waals surface area contributed by atoms with Gasteiger partial charge < -0.3 is 4.90 Å². The van der Waals surface area contributed by atoms with Crippen molar-refractivity contribution in [2.45, 2.75) is 6.92 Å². The van der Waals surface area contributed by atoms with Gasteiger partial charge in [-0.05, 0) is 6.92 Å². The molecule has 1 unspecified atom stereocenters. The van der Waals surface area contributed by atoms with Crippen LogP contribution in [0.15, 0.2) is 0 Å². The number of rotatable bonds is 0. The van der Waals surface area contributed by atoms with E-state index < -0.39 is 0 Å². The minimum atomic E-state index is 0.693. The maximum absolute atomic E-state index is 7.36. The topological polar surface area (TPSA) is 30.3 Å². The van der Waals surface area contributed by atoms with E-state index in [1.807, 2.05) is 6.92 Å². The molecule has 1 rings (SSSR count). The van der Waals surface area contributed by atoms with Crippen LogP contribution in [0.4, 0.5) is 0 Å². The molecule has 1 atom stereocenters. The number of hydrogen-bond donors (Lipinski definition) is 1. The van der Waals surface area contributed by atoms with E-state index in [4.69, 9.17) is 5.41 Å². The molecule has 1 aliphatic rings. The molecule has 1 saturated heterocycles. The van der Waals surface area contributed by atoms with Crippen molar-refractivity contribution in [2.75, 3.05) is 26.2 Å². The normalized spacial score (nSPS) is 21.2. The highest BCUT2D eigenvalue weighted by Crippen LogP contribution is 2.05. The lowest BCUT2D eigenvalue weighted by Crippen LogP contribution is -2.44. The summed E-state index contributed by atoms with van der Waals surface area (Å²) in [5.74, 6) is 0.693. The molecule has 0 aliphatic carbocycles. The van der Waals surface area contributed by atoms with Crippen molar-refractivity contribution in [3.63, 3.8) is 0 Å². The summed E-state index contributed by atoms with van der Waals surface area (Å²) in [6.07, 6.45) is 0. The van der Waals surface area contributed by atoms with Crippen molar-refractivity contribution >= 4 is 15.2 Å². The third kappa shape index (κ3) is 1.93. The molecule has 10 heavy (non-hydrogen) atoms. The Morgan fingerprint density at radius 3 is 2.20 bits per heavy atom. The van der Waals surface area contributed by atoms with Gasteiger partial charge in [0.15, 0.2) is 0 Å². The molecule has 0 aromatic carbocycles. The summed E-state index contributed by atoms with van der Waals surface area (Å²) in [4.78, 5) is 2.10. The Balaban J connectivity index is 2.33. The van der Waals surface area contributed by atoms with Gasteiger partial charge in [0.2, 0.25) is 0 Å². The van der Waals surface area contributed by atoms with Gasteiger partial charge in [0.05, 0.1) is 5.84 Å². The van der Waals surface area contributed by atoms with Crippen molar-refractivity contribution in [1.82, 2.24) is 9.57 Å². The van der Waals surface area contributed by atoms with Gasteiger partial charge in [-0.1, -0.05) is 9.39 Å². The van der Waals surface area contributed by atoms with Gasteiger partial charge in [0.25, 0.3) is 0 Å². The number of piperazine rings is 1. The minimum Gasteiger partial charge on any atom is -0.358 e. The lowest BCUT2D eigenvalue weighted by atomic mass is 10.3. The Morgan fingerprint density at radius 1 is 1.30 bits per heavy atom. The molecule has 0 aromatic rings. The number of nitrogens with zero attached hydrogens (tertiary/aromatic N) is 2. The highest BCUT2D eigenvalue weighted by atomic mass is 31.0. The van der Waals surface area contributed by atoms with E-state index in [9.17, 15) is 0 Å². The average Bonchev–Trinajstić information content (AvgIpc) is 1.88. The standard InChI is InChI=1S/C6H14N3P/c1-6(7)8-2-4-9(10)5-3-8/h7H,2-5,10H2,1H3. The van der Waals surface area contributed by atoms with E-state index in [-0.39, 0.29) is 0 Å². The molecule has 0 aromatic heterocycles. The summed E-state index contributed by atoms with van der Waals surface area (Å²) in [7, 11) is 2.69. The van der Waals surface area contributed by atoms with Gasteiger partial charge in [0.1, 0.15) is 0 Å². The van der Waals surface area contributed by atoms with Gasteiger partial charge in [-0.3, -0.25) is 10.1 Å². The highest BCUT2D eigenvalue weighted by Gasteiger charge is 2.12. The maximum atomic E-state index is 7.36. The Bertz CT molecular complexity index is 129. The molecule has 0 spiro atoms. The summed E-state index contributed by atoms with van der Waals surface area (Å²) in [5.41, 5.74) is 0. The first-order valence-corrected chi connectivity index (χ1v) is 4.01. The Hall–Kier alpha value is -0.140. The van der Waals surface area contributed by atoms with E-state index in [0.29, 0.717) is 5.84 Å². The minimum absolute atomic E-state index is 0.693. The third-order valence-electron chi connectivity index (χ3n) is 1.79. The van der Waals surface area contributed by atoms with Crippen LogP contribution in [-0.4, -0.2) is 41.6 Å². The maximum Gasteiger partial charge on any atom is 0.0926 e. The molecule has 0 amide bonds. The van der Waals surface area contributed by atoms with Crippen LogP contribution in [0, 0.1) is 5.41 Å². The summed E-state index contributed by atoms with van der Waals surface area (Å²) < 4.78 is 2.21. The largest absolute Gasteiger partial charge is 0.358 e. The van der Waals surface area contributed by atoms with E-state index in [0.717, 1.165) is 26.2 Å². The zero-order valence-electron chi connectivity index (χ0n) is 6.30. The predicted molar refractivity (Wildman–Crippen MR) is 46.3 cm³/mol. The van der Waals surface area contributed by atoms with Crippen LogP contribution in [0.3, 0.4) is 0 Å². The molecule has 0 bridgehead atoms. The Labute approximate surface area is 64.1 Å². The zero-order valence-corrected chi connectivity index (χ0v) is 7.45. The summed E-state index contributed by atoms with van der Waals surface area (Å²) in [6.45, 7) is 5.96. The van der Waals surface area contributed by atoms with Crippen LogP contribution in [0.2, 0.25) is 0 Å². The molecule has 1 N–H and O–H groups in total. The van der Waals surface area contributed by atoms with Crippen LogP contribution in [-0.2, 0) is 0 Å². The fourth-order valence-corrected chi connectivity index (χ4v) is 1.29. The lowest BCUT2D eigenvalue weighted by Gasteiger charge is -2.32. The second kappa shape index (κ2) is 3.31. The first-order chi connectivity index (χ1) is 4.70. The molecule has 3 nitrogen and oxygen atoms in total. The predicted octanol–water partition coefficient (Wildman–Crippen LogP) is 0.391. The second-order valence-electron chi connectivity index (χ2n) is 2.61. The van der Waals surface area contributed by atoms with E-state index >= 15 is 0 Å². The molecule has 0 radical (unpaired) electrons. The summed E-state index contributed by atoms with van der Waals surface area (Å²) in [6, 6.07) is 0. The van der Waals surface area contributed by atoms with Crippen molar-refractivity contribution in [3.8, 4) is 0 Å². The number of hydrogen-bond acceptors (Lipinski definition) is 2. The third-order valence-corrected chi connectivity index (χ3v) is 2.31. The fraction of sp³-hybridized carbons (Fsp3) is 0.833. The second-order valence-corrected chi connectivity index (χ2v) is 3.34. The number of nitrogens with one attached hydrogen (secondary N) is 1. The summed E-state index contributed by atoms with van der Waals surface area (Å²) >= 11 is 0. The van der Waals surface area contributed by atoms with E-state index in [1.165, 1.54) is 0 Å². The Kier molecular flexibility index (Phi) is 2.64. The smallest absolute Gasteiger partial charge is 0.0926 e. The molecule has 1 fully saturated rings. The van der Waals surface area contributed by atoms with Crippen molar-refractivity contribution < 1.29 is 0 Å². The lowest BCUT2D eigenvalue weighted by molar-refractivity contribution is 0.279. The molecular formula is C6H14N3P. The highest BCUT2D eigenvalue weighted by molar-refractivity contribution is 7.13. The van der Waals surface area contributed by atoms with Crippen LogP contribution in [0.1, 0.15) is 6.92 Å². The van der Waals surface area contributed by atoms with Gasteiger partial charge in [-0.2, -0.15) is 0 Å². The van der Waals surface area contributed by atoms with Gasteiger partial charge in [-0.25, -0.2) is 0 Å². The first-order valence-electron chi connectivity index (χ1n) is 3.50. The SMILES string of the molecule is CC(=N)N1CCN(P)CC1. The van der Waals surface area contributed by atoms with Crippen molar-refractivity contribution in [3.05, 3.63) is 0 Å². The first kappa shape index (κ1) is 7.96. The van der Waals surface area contributed by atoms with Crippen LogP contribution in [0.5, 0.6) is 0 Å². The zero-order chi connectivity index (χ0) is 7.56. The van der Waals surface area contributed by atoms with Crippen LogP contribution in [0.25, 0.3) is 0 Å². The van der Waals surface area contributed by atoms with Crippen molar-refractivity contribution in [2.24, 2.45) is 0 Å². The molecule has 1 heterocycles. The average molecular weight is 159 g/mol. The van der Waals surface area contributed by atoms with Gasteiger partial charge >= 0.3 is 0 Å². The number of amidine groups is 1. The molecule has 4 heteroatoms. The quantitative estimate of drug-likeness (QED) is 0.315. The Morgan fingerprint density at radius 2 is 1.80 bits per heavy atom. The van der Waals surface area contributed by atoms with E-state index in [1.54, 1.807) is 0 Å². The fourth-order valence-electron chi connectivity index (χ4n) is 1.06. The van der Waals surface area contributed by atoms with Gasteiger partial charge in [0, 0.05) is 26.2 Å². The van der Waals surface area contributed by atoms with Crippen molar-refractivity contribution in [1.29, 1.82) is 5.41 Å². The van der Waals surface area contributed by atoms with Crippen LogP contribution < -0.4 is 0 Å². The molecule has 0 saturated carbocycles. The molecule has 1 aliphatic heterocycles. The van der Waals surface area contributed by atoms with Gasteiger partial charge in [-0.15, -0.1) is 0 Å².